The summed E-state index contributed by atoms with van der Waals surface area (Å²) in [5, 5.41) is 2.91. The van der Waals surface area contributed by atoms with Crippen molar-refractivity contribution in [3.8, 4) is 0 Å². The van der Waals surface area contributed by atoms with Crippen LogP contribution < -0.4 is 5.32 Å². The van der Waals surface area contributed by atoms with E-state index < -0.39 is 9.84 Å². The molecule has 0 fully saturated rings. The minimum atomic E-state index is -3.29. The zero-order valence-corrected chi connectivity index (χ0v) is 14.6. The van der Waals surface area contributed by atoms with Gasteiger partial charge in [0, 0.05) is 22.5 Å². The molecule has 1 N–H and O–H groups in total. The molecule has 3 rings (SSSR count). The van der Waals surface area contributed by atoms with E-state index in [1.807, 2.05) is 0 Å². The van der Waals surface area contributed by atoms with Crippen molar-refractivity contribution in [3.05, 3.63) is 59.4 Å². The van der Waals surface area contributed by atoms with Gasteiger partial charge in [-0.1, -0.05) is 0 Å². The van der Waals surface area contributed by atoms with Crippen molar-refractivity contribution >= 4 is 27.5 Å². The van der Waals surface area contributed by atoms with Gasteiger partial charge in [0.25, 0.3) is 5.91 Å². The second-order valence-electron chi connectivity index (χ2n) is 5.64. The number of hydrogen-bond acceptors (Lipinski definition) is 4. The summed E-state index contributed by atoms with van der Waals surface area (Å²) in [6.45, 7) is 0. The normalized spacial score (nSPS) is 17.2. The molecule has 0 aliphatic carbocycles. The first-order valence-electron chi connectivity index (χ1n) is 7.38. The minimum absolute atomic E-state index is 0.167. The number of nitrogens with one attached hydrogen (secondary N) is 1. The lowest BCUT2D eigenvalue weighted by atomic mass is 10.0. The molecule has 1 aliphatic heterocycles. The van der Waals surface area contributed by atoms with Crippen LogP contribution in [0.1, 0.15) is 28.4 Å². The Morgan fingerprint density at radius 2 is 1.92 bits per heavy atom. The maximum Gasteiger partial charge on any atom is 0.251 e. The summed E-state index contributed by atoms with van der Waals surface area (Å²) in [6.07, 6.45) is 1.83. The van der Waals surface area contributed by atoms with Gasteiger partial charge in [0.1, 0.15) is 5.82 Å². The lowest BCUT2D eigenvalue weighted by Gasteiger charge is -2.26. The zero-order chi connectivity index (χ0) is 17.3. The number of thioether (sulfide) groups is 1. The summed E-state index contributed by atoms with van der Waals surface area (Å²) in [5.41, 5.74) is 1.16. The number of rotatable bonds is 3. The molecule has 0 saturated carbocycles. The molecule has 126 valence electrons. The average Bonchev–Trinajstić information content (AvgIpc) is 2.54. The molecule has 0 saturated heterocycles. The third-order valence-corrected chi connectivity index (χ3v) is 6.11. The Labute approximate surface area is 144 Å². The molecular formula is C17H16FNO3S2. The molecule has 0 bridgehead atoms. The molecule has 2 aromatic rings. The second kappa shape index (κ2) is 6.57. The van der Waals surface area contributed by atoms with E-state index in [4.69, 9.17) is 0 Å². The van der Waals surface area contributed by atoms with E-state index in [1.54, 1.807) is 17.8 Å². The smallest absolute Gasteiger partial charge is 0.251 e. The predicted molar refractivity (Wildman–Crippen MR) is 91.5 cm³/mol. The van der Waals surface area contributed by atoms with Crippen molar-refractivity contribution in [1.29, 1.82) is 0 Å². The topological polar surface area (TPSA) is 63.2 Å². The molecule has 2 aromatic carbocycles. The van der Waals surface area contributed by atoms with Crippen molar-refractivity contribution in [2.24, 2.45) is 0 Å². The number of halogens is 1. The molecule has 0 aromatic heterocycles. The second-order valence-corrected chi connectivity index (χ2v) is 8.79. The molecule has 24 heavy (non-hydrogen) atoms. The van der Waals surface area contributed by atoms with Crippen LogP contribution in [0.15, 0.2) is 52.3 Å². The first-order valence-corrected chi connectivity index (χ1v) is 10.3. The van der Waals surface area contributed by atoms with Crippen LogP contribution in [0.25, 0.3) is 0 Å². The standard InChI is InChI=1S/C17H16FNO3S2/c1-24(21,22)13-5-2-11(3-6-13)17(20)19-15-8-9-23-16-7-4-12(18)10-14(15)16/h2-7,10,15H,8-9H2,1H3,(H,19,20)/t15-/m1/s1. The van der Waals surface area contributed by atoms with E-state index in [1.165, 1.54) is 36.4 Å². The van der Waals surface area contributed by atoms with Gasteiger partial charge in [-0.2, -0.15) is 0 Å². The fourth-order valence-corrected chi connectivity index (χ4v) is 4.35. The quantitative estimate of drug-likeness (QED) is 0.907. The highest BCUT2D eigenvalue weighted by Gasteiger charge is 2.23. The summed E-state index contributed by atoms with van der Waals surface area (Å²) >= 11 is 1.64. The largest absolute Gasteiger partial charge is 0.345 e. The van der Waals surface area contributed by atoms with Crippen molar-refractivity contribution in [3.63, 3.8) is 0 Å². The lowest BCUT2D eigenvalue weighted by Crippen LogP contribution is -2.30. The third kappa shape index (κ3) is 3.62. The van der Waals surface area contributed by atoms with Crippen LogP contribution in [0.4, 0.5) is 4.39 Å². The summed E-state index contributed by atoms with van der Waals surface area (Å²) in [5.74, 6) is 0.214. The van der Waals surface area contributed by atoms with Gasteiger partial charge in [-0.05, 0) is 54.4 Å². The summed E-state index contributed by atoms with van der Waals surface area (Å²) < 4.78 is 36.4. The van der Waals surface area contributed by atoms with Crippen LogP contribution in [0.3, 0.4) is 0 Å². The van der Waals surface area contributed by atoms with Crippen LogP contribution in [-0.2, 0) is 9.84 Å². The van der Waals surface area contributed by atoms with Crippen molar-refractivity contribution in [2.45, 2.75) is 22.3 Å². The Morgan fingerprint density at radius 3 is 2.58 bits per heavy atom. The van der Waals surface area contributed by atoms with Crippen LogP contribution in [0, 0.1) is 5.82 Å². The van der Waals surface area contributed by atoms with Gasteiger partial charge < -0.3 is 5.32 Å². The third-order valence-electron chi connectivity index (χ3n) is 3.86. The highest BCUT2D eigenvalue weighted by molar-refractivity contribution is 7.99. The van der Waals surface area contributed by atoms with Crippen molar-refractivity contribution in [2.75, 3.05) is 12.0 Å². The molecule has 1 heterocycles. The van der Waals surface area contributed by atoms with E-state index in [0.29, 0.717) is 12.0 Å². The maximum absolute atomic E-state index is 13.5. The summed E-state index contributed by atoms with van der Waals surface area (Å²) in [4.78, 5) is 13.5. The van der Waals surface area contributed by atoms with Gasteiger partial charge in [0.05, 0.1) is 10.9 Å². The fourth-order valence-electron chi connectivity index (χ4n) is 2.61. The molecule has 0 unspecified atom stereocenters. The Kier molecular flexibility index (Phi) is 4.64. The predicted octanol–water partition coefficient (Wildman–Crippen LogP) is 3.20. The number of fused-ring (bicyclic) bond motifs is 1. The molecule has 7 heteroatoms. The molecule has 1 atom stereocenters. The summed E-state index contributed by atoms with van der Waals surface area (Å²) in [7, 11) is -3.29. The SMILES string of the molecule is CS(=O)(=O)c1ccc(C(=O)N[C@@H]2CCSc3ccc(F)cc32)cc1. The highest BCUT2D eigenvalue weighted by Crippen LogP contribution is 2.36. The van der Waals surface area contributed by atoms with Crippen molar-refractivity contribution in [1.82, 2.24) is 5.32 Å². The van der Waals surface area contributed by atoms with E-state index in [9.17, 15) is 17.6 Å². The fraction of sp³-hybridized carbons (Fsp3) is 0.235. The first-order chi connectivity index (χ1) is 11.3. The maximum atomic E-state index is 13.5. The molecule has 0 radical (unpaired) electrons. The molecule has 1 amide bonds. The number of carbonyl (C=O) groups is 1. The van der Waals surface area contributed by atoms with E-state index in [0.717, 1.165) is 22.5 Å². The van der Waals surface area contributed by atoms with E-state index >= 15 is 0 Å². The lowest BCUT2D eigenvalue weighted by molar-refractivity contribution is 0.0934. The Bertz CT molecular complexity index is 879. The van der Waals surface area contributed by atoms with E-state index in [-0.39, 0.29) is 22.7 Å². The Hall–Kier alpha value is -1.86. The first kappa shape index (κ1) is 17.0. The summed E-state index contributed by atoms with van der Waals surface area (Å²) in [6, 6.07) is 10.1. The van der Waals surface area contributed by atoms with Crippen LogP contribution in [-0.4, -0.2) is 26.3 Å². The van der Waals surface area contributed by atoms with Crippen LogP contribution >= 0.6 is 11.8 Å². The monoisotopic (exact) mass is 365 g/mol. The van der Waals surface area contributed by atoms with Gasteiger partial charge in [-0.3, -0.25) is 4.79 Å². The Morgan fingerprint density at radius 1 is 1.21 bits per heavy atom. The minimum Gasteiger partial charge on any atom is -0.345 e. The van der Waals surface area contributed by atoms with Gasteiger partial charge >= 0.3 is 0 Å². The number of benzene rings is 2. The zero-order valence-electron chi connectivity index (χ0n) is 13.0. The van der Waals surface area contributed by atoms with E-state index in [2.05, 4.69) is 5.32 Å². The number of carbonyl (C=O) groups excluding carboxylic acids is 1. The van der Waals surface area contributed by atoms with Crippen molar-refractivity contribution < 1.29 is 17.6 Å². The highest BCUT2D eigenvalue weighted by atomic mass is 32.2. The molecule has 0 spiro atoms. The van der Waals surface area contributed by atoms with Gasteiger partial charge in [-0.15, -0.1) is 11.8 Å². The van der Waals surface area contributed by atoms with Gasteiger partial charge in [-0.25, -0.2) is 12.8 Å². The molecular weight excluding hydrogens is 349 g/mol. The number of sulfone groups is 1. The molecule has 4 nitrogen and oxygen atoms in total. The molecule has 1 aliphatic rings. The van der Waals surface area contributed by atoms with Gasteiger partial charge in [0.15, 0.2) is 9.84 Å². The Balaban J connectivity index is 1.80. The average molecular weight is 365 g/mol. The number of hydrogen-bond donors (Lipinski definition) is 1. The van der Waals surface area contributed by atoms with Crippen LogP contribution in [0.2, 0.25) is 0 Å². The van der Waals surface area contributed by atoms with Crippen LogP contribution in [0.5, 0.6) is 0 Å². The van der Waals surface area contributed by atoms with Gasteiger partial charge in [0.2, 0.25) is 0 Å². The number of amides is 1.